The van der Waals surface area contributed by atoms with E-state index in [-0.39, 0.29) is 0 Å². The van der Waals surface area contributed by atoms with Crippen LogP contribution in [0.5, 0.6) is 5.75 Å². The number of hydrogen-bond acceptors (Lipinski definition) is 3. The Balaban J connectivity index is 2.81. The molecule has 1 aromatic carbocycles. The molecule has 72 valence electrons. The van der Waals surface area contributed by atoms with E-state index in [9.17, 15) is 0 Å². The Labute approximate surface area is 82.5 Å². The number of rotatable bonds is 1. The Bertz CT molecular complexity index is 480. The van der Waals surface area contributed by atoms with Gasteiger partial charge in [0.05, 0.1) is 24.0 Å². The fourth-order valence-corrected chi connectivity index (χ4v) is 1.46. The summed E-state index contributed by atoms with van der Waals surface area (Å²) in [5.74, 6) is 0.807. The van der Waals surface area contributed by atoms with Crippen LogP contribution in [-0.4, -0.2) is 12.1 Å². The van der Waals surface area contributed by atoms with Crippen molar-refractivity contribution in [3.63, 3.8) is 0 Å². The molecule has 0 aliphatic rings. The van der Waals surface area contributed by atoms with Gasteiger partial charge in [-0.25, -0.2) is 0 Å². The number of benzene rings is 1. The lowest BCUT2D eigenvalue weighted by atomic mass is 10.1. The maximum atomic E-state index is 5.79. The number of aryl methyl sites for hydroxylation is 1. The Morgan fingerprint density at radius 2 is 2.14 bits per heavy atom. The Hall–Kier alpha value is -1.77. The highest BCUT2D eigenvalue weighted by Gasteiger charge is 2.04. The van der Waals surface area contributed by atoms with E-state index in [1.54, 1.807) is 7.11 Å². The first-order valence-electron chi connectivity index (χ1n) is 4.42. The van der Waals surface area contributed by atoms with E-state index in [0.717, 1.165) is 22.3 Å². The minimum absolute atomic E-state index is 0.696. The number of nitrogen functional groups attached to an aromatic ring is 1. The largest absolute Gasteiger partial charge is 0.496 e. The van der Waals surface area contributed by atoms with Gasteiger partial charge >= 0.3 is 0 Å². The van der Waals surface area contributed by atoms with Crippen LogP contribution in [0.1, 0.15) is 5.69 Å². The van der Waals surface area contributed by atoms with Crippen molar-refractivity contribution in [3.8, 4) is 5.75 Å². The fourth-order valence-electron chi connectivity index (χ4n) is 1.46. The number of methoxy groups -OCH3 is 1. The highest BCUT2D eigenvalue weighted by molar-refractivity contribution is 5.87. The van der Waals surface area contributed by atoms with Crippen LogP contribution in [0.3, 0.4) is 0 Å². The van der Waals surface area contributed by atoms with Gasteiger partial charge in [-0.15, -0.1) is 0 Å². The number of ether oxygens (including phenoxy) is 1. The summed E-state index contributed by atoms with van der Waals surface area (Å²) in [6.45, 7) is 1.90. The second-order valence-electron chi connectivity index (χ2n) is 3.19. The van der Waals surface area contributed by atoms with E-state index in [0.29, 0.717) is 5.69 Å². The van der Waals surface area contributed by atoms with Gasteiger partial charge in [0, 0.05) is 5.39 Å². The quantitative estimate of drug-likeness (QED) is 0.745. The number of hydrogen-bond donors (Lipinski definition) is 1. The summed E-state index contributed by atoms with van der Waals surface area (Å²) >= 11 is 0. The summed E-state index contributed by atoms with van der Waals surface area (Å²) in [5.41, 5.74) is 8.25. The monoisotopic (exact) mass is 188 g/mol. The number of pyridine rings is 1. The molecule has 0 saturated heterocycles. The van der Waals surface area contributed by atoms with E-state index in [2.05, 4.69) is 4.98 Å². The van der Waals surface area contributed by atoms with E-state index >= 15 is 0 Å². The first-order valence-corrected chi connectivity index (χ1v) is 4.42. The summed E-state index contributed by atoms with van der Waals surface area (Å²) in [7, 11) is 1.64. The zero-order chi connectivity index (χ0) is 10.1. The maximum absolute atomic E-state index is 5.79. The zero-order valence-electron chi connectivity index (χ0n) is 8.24. The van der Waals surface area contributed by atoms with Gasteiger partial charge in [0.2, 0.25) is 0 Å². The molecule has 3 heteroatoms. The van der Waals surface area contributed by atoms with Gasteiger partial charge in [-0.3, -0.25) is 4.98 Å². The first kappa shape index (κ1) is 8.81. The molecular formula is C11H12N2O. The van der Waals surface area contributed by atoms with Crippen molar-refractivity contribution in [3.05, 3.63) is 30.0 Å². The van der Waals surface area contributed by atoms with E-state index < -0.39 is 0 Å². The molecule has 1 aromatic heterocycles. The number of anilines is 1. The predicted octanol–water partition coefficient (Wildman–Crippen LogP) is 2.13. The summed E-state index contributed by atoms with van der Waals surface area (Å²) in [6.07, 6.45) is 0. The molecule has 2 aromatic rings. The van der Waals surface area contributed by atoms with Crippen LogP contribution in [0.15, 0.2) is 24.3 Å². The fraction of sp³-hybridized carbons (Fsp3) is 0.182. The highest BCUT2D eigenvalue weighted by Crippen LogP contribution is 2.26. The minimum Gasteiger partial charge on any atom is -0.496 e. The van der Waals surface area contributed by atoms with Gasteiger partial charge in [-0.05, 0) is 25.1 Å². The van der Waals surface area contributed by atoms with Gasteiger partial charge in [-0.2, -0.15) is 0 Å². The van der Waals surface area contributed by atoms with Gasteiger partial charge in [0.1, 0.15) is 5.75 Å². The molecule has 3 nitrogen and oxygen atoms in total. The Morgan fingerprint density at radius 3 is 2.86 bits per heavy atom. The highest BCUT2D eigenvalue weighted by atomic mass is 16.5. The molecule has 2 N–H and O–H groups in total. The van der Waals surface area contributed by atoms with Crippen molar-refractivity contribution in [1.29, 1.82) is 0 Å². The second-order valence-corrected chi connectivity index (χ2v) is 3.19. The van der Waals surface area contributed by atoms with Crippen molar-refractivity contribution in [2.75, 3.05) is 12.8 Å². The molecule has 0 spiro atoms. The van der Waals surface area contributed by atoms with Gasteiger partial charge < -0.3 is 10.5 Å². The van der Waals surface area contributed by atoms with Crippen molar-refractivity contribution in [2.24, 2.45) is 0 Å². The summed E-state index contributed by atoms with van der Waals surface area (Å²) in [4.78, 5) is 4.38. The summed E-state index contributed by atoms with van der Waals surface area (Å²) in [5, 5.41) is 0.957. The van der Waals surface area contributed by atoms with Crippen LogP contribution in [-0.2, 0) is 0 Å². The SMILES string of the molecule is COc1cccc2nc(C)c(N)cc12. The number of aromatic nitrogens is 1. The lowest BCUT2D eigenvalue weighted by molar-refractivity contribution is 0.420. The molecule has 14 heavy (non-hydrogen) atoms. The van der Waals surface area contributed by atoms with Crippen LogP contribution in [0.2, 0.25) is 0 Å². The third kappa shape index (κ3) is 1.27. The van der Waals surface area contributed by atoms with Crippen LogP contribution in [0.25, 0.3) is 10.9 Å². The van der Waals surface area contributed by atoms with Crippen LogP contribution < -0.4 is 10.5 Å². The van der Waals surface area contributed by atoms with E-state index in [1.807, 2.05) is 31.2 Å². The topological polar surface area (TPSA) is 48.1 Å². The predicted molar refractivity (Wildman–Crippen MR) is 57.4 cm³/mol. The molecule has 0 saturated carbocycles. The Morgan fingerprint density at radius 1 is 1.36 bits per heavy atom. The van der Waals surface area contributed by atoms with Crippen LogP contribution in [0.4, 0.5) is 5.69 Å². The molecule has 2 rings (SSSR count). The summed E-state index contributed by atoms with van der Waals surface area (Å²) in [6, 6.07) is 7.67. The van der Waals surface area contributed by atoms with Crippen molar-refractivity contribution < 1.29 is 4.74 Å². The average molecular weight is 188 g/mol. The molecule has 0 radical (unpaired) electrons. The number of nitrogens with zero attached hydrogens (tertiary/aromatic N) is 1. The molecule has 0 bridgehead atoms. The van der Waals surface area contributed by atoms with Gasteiger partial charge in [0.15, 0.2) is 0 Å². The van der Waals surface area contributed by atoms with Crippen molar-refractivity contribution >= 4 is 16.6 Å². The number of nitrogens with two attached hydrogens (primary N) is 1. The van der Waals surface area contributed by atoms with Crippen molar-refractivity contribution in [2.45, 2.75) is 6.92 Å². The van der Waals surface area contributed by atoms with Gasteiger partial charge in [-0.1, -0.05) is 6.07 Å². The van der Waals surface area contributed by atoms with Gasteiger partial charge in [0.25, 0.3) is 0 Å². The molecule has 0 atom stereocenters. The first-order chi connectivity index (χ1) is 6.72. The number of fused-ring (bicyclic) bond motifs is 1. The molecule has 0 fully saturated rings. The lowest BCUT2D eigenvalue weighted by Crippen LogP contribution is -1.94. The van der Waals surface area contributed by atoms with Crippen molar-refractivity contribution in [1.82, 2.24) is 4.98 Å². The normalized spacial score (nSPS) is 10.4. The van der Waals surface area contributed by atoms with E-state index in [1.165, 1.54) is 0 Å². The molecule has 0 aliphatic heterocycles. The second kappa shape index (κ2) is 3.18. The molecule has 0 unspecified atom stereocenters. The smallest absolute Gasteiger partial charge is 0.128 e. The standard InChI is InChI=1S/C11H12N2O/c1-7-9(12)6-8-10(13-7)4-3-5-11(8)14-2/h3-6H,12H2,1-2H3. The van der Waals surface area contributed by atoms with E-state index in [4.69, 9.17) is 10.5 Å². The van der Waals surface area contributed by atoms with Crippen LogP contribution in [0, 0.1) is 6.92 Å². The zero-order valence-corrected chi connectivity index (χ0v) is 8.24. The third-order valence-electron chi connectivity index (χ3n) is 2.27. The molecule has 0 aliphatic carbocycles. The van der Waals surface area contributed by atoms with Crippen LogP contribution >= 0.6 is 0 Å². The summed E-state index contributed by atoms with van der Waals surface area (Å²) < 4.78 is 5.23. The third-order valence-corrected chi connectivity index (χ3v) is 2.27. The molecular weight excluding hydrogens is 176 g/mol. The molecule has 1 heterocycles. The molecule has 0 amide bonds. The average Bonchev–Trinajstić information content (AvgIpc) is 2.19. The minimum atomic E-state index is 0.696. The maximum Gasteiger partial charge on any atom is 0.128 e. The lowest BCUT2D eigenvalue weighted by Gasteiger charge is -2.06. The Kier molecular flexibility index (Phi) is 2.00.